The predicted molar refractivity (Wildman–Crippen MR) is 65.0 cm³/mol. The molecule has 0 aromatic heterocycles. The molecular weight excluding hydrogens is 182 g/mol. The Morgan fingerprint density at radius 3 is 2.33 bits per heavy atom. The third-order valence-corrected chi connectivity index (χ3v) is 3.42. The van der Waals surface area contributed by atoms with Gasteiger partial charge in [0.05, 0.1) is 0 Å². The molecule has 0 saturated heterocycles. The zero-order valence-electron chi connectivity index (χ0n) is 9.79. The first-order valence-electron chi connectivity index (χ1n) is 6.08. The van der Waals surface area contributed by atoms with Crippen LogP contribution >= 0.6 is 0 Å². The van der Waals surface area contributed by atoms with Crippen LogP contribution in [0.3, 0.4) is 0 Å². The van der Waals surface area contributed by atoms with Gasteiger partial charge in [-0.3, -0.25) is 0 Å². The van der Waals surface area contributed by atoms with E-state index in [1.165, 1.54) is 36.8 Å². The van der Waals surface area contributed by atoms with Gasteiger partial charge in [-0.15, -0.1) is 0 Å². The average Bonchev–Trinajstić information content (AvgIpc) is 2.71. The van der Waals surface area contributed by atoms with Gasteiger partial charge in [-0.2, -0.15) is 0 Å². The normalized spacial score (nSPS) is 19.3. The summed E-state index contributed by atoms with van der Waals surface area (Å²) in [7, 11) is 0. The summed E-state index contributed by atoms with van der Waals surface area (Å²) < 4.78 is 0. The van der Waals surface area contributed by atoms with Crippen LogP contribution < -0.4 is 5.32 Å². The van der Waals surface area contributed by atoms with Crippen molar-refractivity contribution in [3.8, 4) is 0 Å². The highest BCUT2D eigenvalue weighted by molar-refractivity contribution is 5.23. The molecule has 0 heterocycles. The minimum atomic E-state index is 0.494. The fourth-order valence-corrected chi connectivity index (χ4v) is 2.40. The van der Waals surface area contributed by atoms with E-state index in [2.05, 4.69) is 43.4 Å². The molecule has 1 fully saturated rings. The zero-order chi connectivity index (χ0) is 10.7. The van der Waals surface area contributed by atoms with E-state index in [0.29, 0.717) is 6.04 Å². The lowest BCUT2D eigenvalue weighted by Gasteiger charge is -2.19. The van der Waals surface area contributed by atoms with Crippen LogP contribution in [0.25, 0.3) is 0 Å². The summed E-state index contributed by atoms with van der Waals surface area (Å²) in [4.78, 5) is 0. The number of benzene rings is 1. The molecule has 1 aliphatic rings. The first-order valence-corrected chi connectivity index (χ1v) is 6.08. The van der Waals surface area contributed by atoms with E-state index in [9.17, 15) is 0 Å². The third kappa shape index (κ3) is 2.82. The van der Waals surface area contributed by atoms with Crippen LogP contribution in [0, 0.1) is 6.92 Å². The van der Waals surface area contributed by atoms with Gasteiger partial charge in [-0.1, -0.05) is 42.7 Å². The Balaban J connectivity index is 1.94. The Morgan fingerprint density at radius 1 is 1.13 bits per heavy atom. The summed E-state index contributed by atoms with van der Waals surface area (Å²) in [6.07, 6.45) is 5.52. The van der Waals surface area contributed by atoms with Crippen LogP contribution in [0.5, 0.6) is 0 Å². The van der Waals surface area contributed by atoms with Crippen LogP contribution in [0.2, 0.25) is 0 Å². The number of rotatable bonds is 3. The highest BCUT2D eigenvalue weighted by atomic mass is 14.9. The molecule has 0 aliphatic heterocycles. The standard InChI is InChI=1S/C14H21N/c1-11-7-9-13(10-8-11)12(2)15-14-5-3-4-6-14/h7-10,12,14-15H,3-6H2,1-2H3. The van der Waals surface area contributed by atoms with Gasteiger partial charge in [-0.25, -0.2) is 0 Å². The van der Waals surface area contributed by atoms with Gasteiger partial charge in [0.1, 0.15) is 0 Å². The summed E-state index contributed by atoms with van der Waals surface area (Å²) in [5.41, 5.74) is 2.75. The molecule has 1 aliphatic carbocycles. The summed E-state index contributed by atoms with van der Waals surface area (Å²) >= 11 is 0. The molecule has 1 heteroatoms. The molecule has 1 N–H and O–H groups in total. The Kier molecular flexibility index (Phi) is 3.42. The van der Waals surface area contributed by atoms with Crippen molar-refractivity contribution in [2.75, 3.05) is 0 Å². The van der Waals surface area contributed by atoms with Crippen molar-refractivity contribution in [3.63, 3.8) is 0 Å². The summed E-state index contributed by atoms with van der Waals surface area (Å²) in [6, 6.07) is 10.1. The van der Waals surface area contributed by atoms with Crippen LogP contribution in [-0.4, -0.2) is 6.04 Å². The van der Waals surface area contributed by atoms with E-state index >= 15 is 0 Å². The number of hydrogen-bond acceptors (Lipinski definition) is 1. The Labute approximate surface area is 92.9 Å². The Bertz CT molecular complexity index is 296. The molecule has 0 spiro atoms. The second-order valence-electron chi connectivity index (χ2n) is 4.78. The van der Waals surface area contributed by atoms with E-state index in [4.69, 9.17) is 0 Å². The number of nitrogens with one attached hydrogen (secondary N) is 1. The highest BCUT2D eigenvalue weighted by Crippen LogP contribution is 2.22. The molecule has 1 aromatic carbocycles. The van der Waals surface area contributed by atoms with Crippen LogP contribution in [0.15, 0.2) is 24.3 Å². The van der Waals surface area contributed by atoms with E-state index in [-0.39, 0.29) is 0 Å². The van der Waals surface area contributed by atoms with Crippen molar-refractivity contribution in [1.82, 2.24) is 5.32 Å². The molecule has 2 rings (SSSR count). The smallest absolute Gasteiger partial charge is 0.0294 e. The maximum absolute atomic E-state index is 3.71. The topological polar surface area (TPSA) is 12.0 Å². The highest BCUT2D eigenvalue weighted by Gasteiger charge is 2.17. The first-order chi connectivity index (χ1) is 7.25. The largest absolute Gasteiger partial charge is 0.307 e. The second-order valence-corrected chi connectivity index (χ2v) is 4.78. The molecule has 1 saturated carbocycles. The lowest BCUT2D eigenvalue weighted by molar-refractivity contribution is 0.461. The fourth-order valence-electron chi connectivity index (χ4n) is 2.40. The van der Waals surface area contributed by atoms with Gasteiger partial charge < -0.3 is 5.32 Å². The fraction of sp³-hybridized carbons (Fsp3) is 0.571. The minimum absolute atomic E-state index is 0.494. The number of aryl methyl sites for hydroxylation is 1. The molecular formula is C14H21N. The van der Waals surface area contributed by atoms with Crippen molar-refractivity contribution in [3.05, 3.63) is 35.4 Å². The van der Waals surface area contributed by atoms with Gasteiger partial charge in [-0.05, 0) is 32.3 Å². The molecule has 1 aromatic rings. The zero-order valence-corrected chi connectivity index (χ0v) is 9.79. The van der Waals surface area contributed by atoms with Crippen molar-refractivity contribution in [2.45, 2.75) is 51.6 Å². The van der Waals surface area contributed by atoms with Crippen LogP contribution in [-0.2, 0) is 0 Å². The minimum Gasteiger partial charge on any atom is -0.307 e. The van der Waals surface area contributed by atoms with Crippen LogP contribution in [0.4, 0.5) is 0 Å². The van der Waals surface area contributed by atoms with Crippen molar-refractivity contribution >= 4 is 0 Å². The quantitative estimate of drug-likeness (QED) is 0.791. The molecule has 1 nitrogen and oxygen atoms in total. The Hall–Kier alpha value is -0.820. The number of hydrogen-bond donors (Lipinski definition) is 1. The molecule has 0 radical (unpaired) electrons. The molecule has 1 unspecified atom stereocenters. The van der Waals surface area contributed by atoms with Gasteiger partial charge in [0.15, 0.2) is 0 Å². The van der Waals surface area contributed by atoms with E-state index in [1.807, 2.05) is 0 Å². The SMILES string of the molecule is Cc1ccc(C(C)NC2CCCC2)cc1. The van der Waals surface area contributed by atoms with Gasteiger partial charge in [0.25, 0.3) is 0 Å². The molecule has 1 atom stereocenters. The molecule has 82 valence electrons. The summed E-state index contributed by atoms with van der Waals surface area (Å²) in [5.74, 6) is 0. The van der Waals surface area contributed by atoms with Gasteiger partial charge >= 0.3 is 0 Å². The van der Waals surface area contributed by atoms with E-state index < -0.39 is 0 Å². The summed E-state index contributed by atoms with van der Waals surface area (Å²) in [6.45, 7) is 4.40. The van der Waals surface area contributed by atoms with E-state index in [1.54, 1.807) is 0 Å². The van der Waals surface area contributed by atoms with Crippen molar-refractivity contribution in [1.29, 1.82) is 0 Å². The first kappa shape index (κ1) is 10.7. The third-order valence-electron chi connectivity index (χ3n) is 3.42. The van der Waals surface area contributed by atoms with Crippen molar-refractivity contribution in [2.24, 2.45) is 0 Å². The predicted octanol–water partition coefficient (Wildman–Crippen LogP) is 3.59. The van der Waals surface area contributed by atoms with Gasteiger partial charge in [0.2, 0.25) is 0 Å². The Morgan fingerprint density at radius 2 is 1.73 bits per heavy atom. The monoisotopic (exact) mass is 203 g/mol. The molecule has 0 bridgehead atoms. The molecule has 15 heavy (non-hydrogen) atoms. The lowest BCUT2D eigenvalue weighted by Crippen LogP contribution is -2.28. The second kappa shape index (κ2) is 4.80. The maximum Gasteiger partial charge on any atom is 0.0294 e. The van der Waals surface area contributed by atoms with Crippen LogP contribution in [0.1, 0.15) is 49.8 Å². The van der Waals surface area contributed by atoms with Gasteiger partial charge in [0, 0.05) is 12.1 Å². The van der Waals surface area contributed by atoms with E-state index in [0.717, 1.165) is 6.04 Å². The maximum atomic E-state index is 3.71. The average molecular weight is 203 g/mol. The molecule has 0 amide bonds. The summed E-state index contributed by atoms with van der Waals surface area (Å²) in [5, 5.41) is 3.71. The lowest BCUT2D eigenvalue weighted by atomic mass is 10.1. The van der Waals surface area contributed by atoms with Crippen molar-refractivity contribution < 1.29 is 0 Å².